The van der Waals surface area contributed by atoms with Crippen LogP contribution in [0.5, 0.6) is 5.75 Å². The van der Waals surface area contributed by atoms with E-state index < -0.39 is 0 Å². The first-order valence-corrected chi connectivity index (χ1v) is 16.4. The van der Waals surface area contributed by atoms with Gasteiger partial charge in [0.25, 0.3) is 0 Å². The van der Waals surface area contributed by atoms with Gasteiger partial charge in [0.05, 0.1) is 16.6 Å². The Bertz CT molecular complexity index is 1780. The minimum Gasteiger partial charge on any atom is -0.488 e. The molecule has 3 atom stereocenters. The average molecular weight is 643 g/mol. The van der Waals surface area contributed by atoms with Crippen molar-refractivity contribution in [1.82, 2.24) is 24.3 Å². The Morgan fingerprint density at radius 3 is 2.59 bits per heavy atom. The molecule has 2 fully saturated rings. The smallest absolute Gasteiger partial charge is 0.350 e. The molecule has 242 valence electrons. The molecule has 0 unspecified atom stereocenters. The van der Waals surface area contributed by atoms with Crippen LogP contribution >= 0.6 is 11.6 Å². The molecule has 3 aliphatic heterocycles. The fourth-order valence-electron chi connectivity index (χ4n) is 7.10. The Morgan fingerprint density at radius 2 is 1.87 bits per heavy atom. The van der Waals surface area contributed by atoms with E-state index in [1.165, 1.54) is 6.08 Å². The summed E-state index contributed by atoms with van der Waals surface area (Å²) in [4.78, 5) is 40.2. The molecule has 1 aromatic heterocycles. The Balaban J connectivity index is 1.52. The molecule has 0 aliphatic carbocycles. The van der Waals surface area contributed by atoms with Crippen LogP contribution in [0, 0.1) is 0 Å². The number of ether oxygens (including phenoxy) is 1. The number of likely N-dealkylation sites (N-methyl/N-ethyl adjacent to an activating group) is 1. The molecule has 0 saturated carbocycles. The van der Waals surface area contributed by atoms with Crippen molar-refractivity contribution in [1.29, 1.82) is 0 Å². The number of carbonyl (C=O) groups excluding carboxylic acids is 1. The van der Waals surface area contributed by atoms with Gasteiger partial charge in [0, 0.05) is 68.8 Å². The first kappa shape index (κ1) is 32.0. The number of nitrogens with zero attached hydrogens (tertiary/aromatic N) is 6. The first-order valence-electron chi connectivity index (χ1n) is 16.1. The number of piperazine rings is 2. The van der Waals surface area contributed by atoms with Crippen molar-refractivity contribution in [2.75, 3.05) is 64.4 Å². The molecule has 0 spiro atoms. The van der Waals surface area contributed by atoms with Crippen molar-refractivity contribution in [2.45, 2.75) is 38.9 Å². The minimum absolute atomic E-state index is 0.0966. The molecule has 9 nitrogen and oxygen atoms in total. The zero-order valence-electron chi connectivity index (χ0n) is 27.2. The lowest BCUT2D eigenvalue weighted by atomic mass is 9.92. The fourth-order valence-corrected chi connectivity index (χ4v) is 7.41. The fraction of sp³-hybridized carbons (Fsp3) is 0.417. The van der Waals surface area contributed by atoms with E-state index in [4.69, 9.17) is 21.3 Å². The summed E-state index contributed by atoms with van der Waals surface area (Å²) in [5.41, 5.74) is 3.73. The lowest BCUT2D eigenvalue weighted by molar-refractivity contribution is -0.128. The summed E-state index contributed by atoms with van der Waals surface area (Å²) in [6, 6.07) is 9.55. The van der Waals surface area contributed by atoms with Gasteiger partial charge < -0.3 is 19.4 Å². The minimum atomic E-state index is -0.316. The summed E-state index contributed by atoms with van der Waals surface area (Å²) in [7, 11) is 2.13. The maximum Gasteiger partial charge on any atom is 0.350 e. The number of aromatic nitrogens is 2. The highest BCUT2D eigenvalue weighted by atomic mass is 35.5. The van der Waals surface area contributed by atoms with Crippen LogP contribution in [0.3, 0.4) is 0 Å². The first-order chi connectivity index (χ1) is 22.1. The van der Waals surface area contributed by atoms with Gasteiger partial charge in [-0.15, -0.1) is 0 Å². The van der Waals surface area contributed by atoms with Gasteiger partial charge in [0.1, 0.15) is 12.4 Å². The molecule has 10 heteroatoms. The third-order valence-electron chi connectivity index (χ3n) is 9.60. The Morgan fingerprint density at radius 1 is 1.13 bits per heavy atom. The van der Waals surface area contributed by atoms with Gasteiger partial charge in [-0.3, -0.25) is 14.3 Å². The van der Waals surface area contributed by atoms with Crippen molar-refractivity contribution in [2.24, 2.45) is 0 Å². The molecule has 3 aliphatic rings. The average Bonchev–Trinajstić information content (AvgIpc) is 3.04. The summed E-state index contributed by atoms with van der Waals surface area (Å²) in [5, 5.41) is 1.23. The summed E-state index contributed by atoms with van der Waals surface area (Å²) in [6.07, 6.45) is 5.40. The number of halogens is 1. The second-order valence-corrected chi connectivity index (χ2v) is 13.1. The summed E-state index contributed by atoms with van der Waals surface area (Å²) in [6.45, 7) is 20.0. The van der Waals surface area contributed by atoms with E-state index in [2.05, 4.69) is 34.9 Å². The zero-order chi connectivity index (χ0) is 32.7. The van der Waals surface area contributed by atoms with Gasteiger partial charge in [0.15, 0.2) is 5.75 Å². The van der Waals surface area contributed by atoms with Gasteiger partial charge in [-0.1, -0.05) is 61.2 Å². The predicted molar refractivity (Wildman–Crippen MR) is 187 cm³/mol. The van der Waals surface area contributed by atoms with Crippen molar-refractivity contribution in [3.8, 4) is 5.75 Å². The zero-order valence-corrected chi connectivity index (χ0v) is 28.0. The maximum atomic E-state index is 14.2. The number of carbonyl (C=O) groups is 1. The molecule has 1 amide bonds. The molecule has 3 aromatic rings. The SMILES string of the molecule is C=CC(=O)N1C[C@H](C)N(c2nc(=O)n3c4c(c(C(=C)c5ccccc5/C=C\C)c(Cl)cc24)OC[C@H]3CN2CCN(C)CC2)C[C@H]1C. The van der Waals surface area contributed by atoms with Gasteiger partial charge in [-0.25, -0.2) is 4.79 Å². The van der Waals surface area contributed by atoms with Crippen LogP contribution in [-0.2, 0) is 4.79 Å². The molecule has 2 aromatic carbocycles. The highest BCUT2D eigenvalue weighted by Crippen LogP contribution is 2.46. The molecule has 0 bridgehead atoms. The van der Waals surface area contributed by atoms with E-state index >= 15 is 0 Å². The van der Waals surface area contributed by atoms with Crippen LogP contribution in [0.15, 0.2) is 60.4 Å². The molecule has 46 heavy (non-hydrogen) atoms. The number of hydrogen-bond donors (Lipinski definition) is 0. The lowest BCUT2D eigenvalue weighted by Crippen LogP contribution is -2.58. The molecule has 0 radical (unpaired) electrons. The van der Waals surface area contributed by atoms with Crippen molar-refractivity contribution >= 4 is 45.9 Å². The highest BCUT2D eigenvalue weighted by molar-refractivity contribution is 6.34. The van der Waals surface area contributed by atoms with E-state index in [1.807, 2.05) is 72.7 Å². The van der Waals surface area contributed by atoms with Crippen LogP contribution in [0.25, 0.3) is 22.6 Å². The molecule has 4 heterocycles. The monoisotopic (exact) mass is 642 g/mol. The standard InChI is InChI=1S/C36H43ClN6O3/c1-7-11-26-12-9-10-13-28(26)25(5)32-30(37)18-29-33-34(32)46-22-27(21-40-16-14-39(6)15-17-40)43(33)36(45)38-35(29)42-20-23(3)41(19-24(42)4)31(44)8-2/h7-13,18,23-24,27H,2,5,14-17,19-22H2,1,3-4,6H3/b11-7-/t23-,24+,27-/m1/s1. The molecule has 6 rings (SSSR count). The van der Waals surface area contributed by atoms with Crippen LogP contribution in [0.1, 0.15) is 43.5 Å². The van der Waals surface area contributed by atoms with E-state index in [1.54, 1.807) is 0 Å². The second-order valence-electron chi connectivity index (χ2n) is 12.7. The third-order valence-corrected chi connectivity index (χ3v) is 9.89. The number of benzene rings is 2. The molecule has 0 N–H and O–H groups in total. The van der Waals surface area contributed by atoms with Gasteiger partial charge >= 0.3 is 5.69 Å². The highest BCUT2D eigenvalue weighted by Gasteiger charge is 2.37. The molecule has 2 saturated heterocycles. The second kappa shape index (κ2) is 13.1. The van der Waals surface area contributed by atoms with Gasteiger partial charge in [0.2, 0.25) is 5.91 Å². The topological polar surface area (TPSA) is 74.1 Å². The van der Waals surface area contributed by atoms with Crippen molar-refractivity contribution in [3.63, 3.8) is 0 Å². The van der Waals surface area contributed by atoms with Crippen molar-refractivity contribution in [3.05, 3.63) is 87.8 Å². The van der Waals surface area contributed by atoms with Crippen LogP contribution in [0.2, 0.25) is 5.02 Å². The third kappa shape index (κ3) is 5.76. The normalized spacial score (nSPS) is 22.3. The number of hydrogen-bond acceptors (Lipinski definition) is 7. The van der Waals surface area contributed by atoms with Crippen LogP contribution in [-0.4, -0.2) is 102 Å². The Labute approximate surface area is 276 Å². The lowest BCUT2D eigenvalue weighted by Gasteiger charge is -2.45. The van der Waals surface area contributed by atoms with E-state index in [-0.39, 0.29) is 29.7 Å². The Hall–Kier alpha value is -3.92. The van der Waals surface area contributed by atoms with Crippen LogP contribution < -0.4 is 15.3 Å². The van der Waals surface area contributed by atoms with Crippen molar-refractivity contribution < 1.29 is 9.53 Å². The number of rotatable bonds is 7. The largest absolute Gasteiger partial charge is 0.488 e. The number of anilines is 1. The summed E-state index contributed by atoms with van der Waals surface area (Å²) in [5.74, 6) is 1.01. The maximum absolute atomic E-state index is 14.2. The molecular weight excluding hydrogens is 600 g/mol. The summed E-state index contributed by atoms with van der Waals surface area (Å²) >= 11 is 7.17. The predicted octanol–water partition coefficient (Wildman–Crippen LogP) is 4.94. The van der Waals surface area contributed by atoms with Gasteiger partial charge in [-0.05, 0) is 56.7 Å². The van der Waals surface area contributed by atoms with Gasteiger partial charge in [-0.2, -0.15) is 4.98 Å². The Kier molecular flexibility index (Phi) is 9.10. The van der Waals surface area contributed by atoms with Crippen LogP contribution in [0.4, 0.5) is 5.82 Å². The molecular formula is C36H43ClN6O3. The quantitative estimate of drug-likeness (QED) is 0.338. The van der Waals surface area contributed by atoms with E-state index in [9.17, 15) is 9.59 Å². The van der Waals surface area contributed by atoms with E-state index in [0.29, 0.717) is 53.9 Å². The summed E-state index contributed by atoms with van der Waals surface area (Å²) < 4.78 is 8.49. The number of amides is 1. The van der Waals surface area contributed by atoms with E-state index in [0.717, 1.165) is 48.3 Å². The number of allylic oxidation sites excluding steroid dienone is 1.